The molecule has 0 spiro atoms. The summed E-state index contributed by atoms with van der Waals surface area (Å²) in [7, 11) is 0. The standard InChI is InChI=1S/C17H22N2O2S/c1-3-5-14(2)21-16-8-6-15(7-9-16)20-12-13-22-17-18-10-4-11-19-17/h4,6-11,14H,3,5,12-13H2,1-2H3. The molecule has 0 amide bonds. The van der Waals surface area contributed by atoms with Crippen molar-refractivity contribution in [2.45, 2.75) is 37.9 Å². The molecule has 0 bridgehead atoms. The number of nitrogens with zero attached hydrogens (tertiary/aromatic N) is 2. The van der Waals surface area contributed by atoms with E-state index < -0.39 is 0 Å². The van der Waals surface area contributed by atoms with E-state index >= 15 is 0 Å². The molecule has 1 aromatic carbocycles. The zero-order valence-corrected chi connectivity index (χ0v) is 13.9. The highest BCUT2D eigenvalue weighted by molar-refractivity contribution is 7.99. The predicted octanol–water partition coefficient (Wildman–Crippen LogP) is 4.22. The van der Waals surface area contributed by atoms with Crippen molar-refractivity contribution in [1.29, 1.82) is 0 Å². The van der Waals surface area contributed by atoms with Gasteiger partial charge in [0.15, 0.2) is 5.16 Å². The topological polar surface area (TPSA) is 44.2 Å². The minimum atomic E-state index is 0.249. The molecule has 0 aliphatic carbocycles. The normalized spacial score (nSPS) is 11.9. The number of rotatable bonds is 9. The summed E-state index contributed by atoms with van der Waals surface area (Å²) in [4.78, 5) is 8.31. The van der Waals surface area contributed by atoms with Crippen LogP contribution in [0.25, 0.3) is 0 Å². The van der Waals surface area contributed by atoms with E-state index in [1.807, 2.05) is 30.3 Å². The van der Waals surface area contributed by atoms with Gasteiger partial charge in [-0.1, -0.05) is 25.1 Å². The summed E-state index contributed by atoms with van der Waals surface area (Å²) in [6.45, 7) is 4.88. The van der Waals surface area contributed by atoms with Gasteiger partial charge in [-0.2, -0.15) is 0 Å². The summed E-state index contributed by atoms with van der Waals surface area (Å²) in [5, 5.41) is 0.778. The van der Waals surface area contributed by atoms with Crippen LogP contribution >= 0.6 is 11.8 Å². The molecule has 0 radical (unpaired) electrons. The van der Waals surface area contributed by atoms with Crippen LogP contribution in [0.2, 0.25) is 0 Å². The van der Waals surface area contributed by atoms with E-state index in [0.29, 0.717) is 6.61 Å². The lowest BCUT2D eigenvalue weighted by atomic mass is 10.2. The van der Waals surface area contributed by atoms with Gasteiger partial charge in [0.25, 0.3) is 0 Å². The third-order valence-corrected chi connectivity index (χ3v) is 3.82. The van der Waals surface area contributed by atoms with E-state index in [4.69, 9.17) is 9.47 Å². The molecule has 1 heterocycles. The summed E-state index contributed by atoms with van der Waals surface area (Å²) in [5.74, 6) is 2.56. The van der Waals surface area contributed by atoms with Gasteiger partial charge in [-0.15, -0.1) is 0 Å². The maximum Gasteiger partial charge on any atom is 0.187 e. The third-order valence-electron chi connectivity index (χ3n) is 2.98. The smallest absolute Gasteiger partial charge is 0.187 e. The van der Waals surface area contributed by atoms with Crippen LogP contribution in [0.4, 0.5) is 0 Å². The van der Waals surface area contributed by atoms with Crippen molar-refractivity contribution < 1.29 is 9.47 Å². The van der Waals surface area contributed by atoms with E-state index in [-0.39, 0.29) is 6.10 Å². The largest absolute Gasteiger partial charge is 0.493 e. The Bertz CT molecular complexity index is 534. The van der Waals surface area contributed by atoms with E-state index in [1.54, 1.807) is 24.2 Å². The molecule has 0 saturated heterocycles. The first kappa shape index (κ1) is 16.6. The highest BCUT2D eigenvalue weighted by Crippen LogP contribution is 2.20. The molecule has 0 saturated carbocycles. The lowest BCUT2D eigenvalue weighted by Gasteiger charge is -2.14. The third kappa shape index (κ3) is 5.93. The average molecular weight is 318 g/mol. The van der Waals surface area contributed by atoms with Crippen LogP contribution in [0, 0.1) is 0 Å². The highest BCUT2D eigenvalue weighted by Gasteiger charge is 2.03. The van der Waals surface area contributed by atoms with Crippen molar-refractivity contribution in [3.8, 4) is 11.5 Å². The molecule has 0 aliphatic rings. The number of hydrogen-bond acceptors (Lipinski definition) is 5. The second-order valence-corrected chi connectivity index (χ2v) is 5.98. The van der Waals surface area contributed by atoms with Gasteiger partial charge < -0.3 is 9.47 Å². The summed E-state index contributed by atoms with van der Waals surface area (Å²) in [6.07, 6.45) is 5.93. The molecule has 5 heteroatoms. The summed E-state index contributed by atoms with van der Waals surface area (Å²) in [5.41, 5.74) is 0. The molecule has 0 fully saturated rings. The van der Waals surface area contributed by atoms with Gasteiger partial charge in [-0.25, -0.2) is 9.97 Å². The van der Waals surface area contributed by atoms with Crippen molar-refractivity contribution in [3.63, 3.8) is 0 Å². The molecule has 0 N–H and O–H groups in total. The number of benzene rings is 1. The molecule has 4 nitrogen and oxygen atoms in total. The van der Waals surface area contributed by atoms with Crippen LogP contribution in [0.15, 0.2) is 47.9 Å². The van der Waals surface area contributed by atoms with Crippen molar-refractivity contribution in [2.75, 3.05) is 12.4 Å². The molecule has 1 unspecified atom stereocenters. The van der Waals surface area contributed by atoms with Crippen LogP contribution in [-0.4, -0.2) is 28.4 Å². The Balaban J connectivity index is 1.70. The Hall–Kier alpha value is -1.75. The van der Waals surface area contributed by atoms with Gasteiger partial charge in [0.2, 0.25) is 0 Å². The predicted molar refractivity (Wildman–Crippen MR) is 89.7 cm³/mol. The van der Waals surface area contributed by atoms with E-state index in [0.717, 1.165) is 35.2 Å². The first-order valence-electron chi connectivity index (χ1n) is 7.57. The fraction of sp³-hybridized carbons (Fsp3) is 0.412. The zero-order chi connectivity index (χ0) is 15.6. The number of ether oxygens (including phenoxy) is 2. The Morgan fingerprint density at radius 3 is 2.45 bits per heavy atom. The lowest BCUT2D eigenvalue weighted by Crippen LogP contribution is -2.10. The fourth-order valence-corrected chi connectivity index (χ4v) is 2.58. The van der Waals surface area contributed by atoms with Crippen molar-refractivity contribution in [3.05, 3.63) is 42.7 Å². The lowest BCUT2D eigenvalue weighted by molar-refractivity contribution is 0.209. The molecular formula is C17H22N2O2S. The Morgan fingerprint density at radius 2 is 1.77 bits per heavy atom. The average Bonchev–Trinajstić information content (AvgIpc) is 2.54. The van der Waals surface area contributed by atoms with Crippen LogP contribution in [0.3, 0.4) is 0 Å². The van der Waals surface area contributed by atoms with Crippen LogP contribution in [-0.2, 0) is 0 Å². The number of aromatic nitrogens is 2. The number of hydrogen-bond donors (Lipinski definition) is 0. The fourth-order valence-electron chi connectivity index (χ4n) is 1.96. The van der Waals surface area contributed by atoms with Gasteiger partial charge in [-0.05, 0) is 43.7 Å². The van der Waals surface area contributed by atoms with Crippen molar-refractivity contribution in [2.24, 2.45) is 0 Å². The summed E-state index contributed by atoms with van der Waals surface area (Å²) in [6, 6.07) is 9.60. The Morgan fingerprint density at radius 1 is 1.09 bits per heavy atom. The van der Waals surface area contributed by atoms with E-state index in [9.17, 15) is 0 Å². The first-order valence-corrected chi connectivity index (χ1v) is 8.56. The minimum Gasteiger partial charge on any atom is -0.493 e. The molecule has 1 aromatic heterocycles. The highest BCUT2D eigenvalue weighted by atomic mass is 32.2. The van der Waals surface area contributed by atoms with Crippen LogP contribution < -0.4 is 9.47 Å². The van der Waals surface area contributed by atoms with Crippen LogP contribution in [0.1, 0.15) is 26.7 Å². The van der Waals surface area contributed by atoms with E-state index in [1.165, 1.54) is 0 Å². The van der Waals surface area contributed by atoms with E-state index in [2.05, 4.69) is 23.8 Å². The zero-order valence-electron chi connectivity index (χ0n) is 13.1. The van der Waals surface area contributed by atoms with Gasteiger partial charge in [0.1, 0.15) is 11.5 Å². The Labute approximate surface area is 136 Å². The molecule has 2 aromatic rings. The number of thioether (sulfide) groups is 1. The first-order chi connectivity index (χ1) is 10.8. The molecule has 22 heavy (non-hydrogen) atoms. The van der Waals surface area contributed by atoms with Crippen molar-refractivity contribution in [1.82, 2.24) is 9.97 Å². The van der Waals surface area contributed by atoms with Crippen LogP contribution in [0.5, 0.6) is 11.5 Å². The maximum atomic E-state index is 5.82. The summed E-state index contributed by atoms with van der Waals surface area (Å²) >= 11 is 1.58. The summed E-state index contributed by atoms with van der Waals surface area (Å²) < 4.78 is 11.5. The van der Waals surface area contributed by atoms with Gasteiger partial charge >= 0.3 is 0 Å². The Kier molecular flexibility index (Phi) is 7.03. The second-order valence-electron chi connectivity index (χ2n) is 4.92. The molecular weight excluding hydrogens is 296 g/mol. The SMILES string of the molecule is CCCC(C)Oc1ccc(OCCSc2ncccn2)cc1. The van der Waals surface area contributed by atoms with Gasteiger partial charge in [0, 0.05) is 18.1 Å². The van der Waals surface area contributed by atoms with Gasteiger partial charge in [0.05, 0.1) is 12.7 Å². The monoisotopic (exact) mass is 318 g/mol. The molecule has 1 atom stereocenters. The quantitative estimate of drug-likeness (QED) is 0.393. The molecule has 0 aliphatic heterocycles. The second kappa shape index (κ2) is 9.30. The minimum absolute atomic E-state index is 0.249. The molecule has 118 valence electrons. The molecule has 2 rings (SSSR count). The van der Waals surface area contributed by atoms with Crippen molar-refractivity contribution >= 4 is 11.8 Å². The maximum absolute atomic E-state index is 5.82. The van der Waals surface area contributed by atoms with Gasteiger partial charge in [-0.3, -0.25) is 0 Å².